The summed E-state index contributed by atoms with van der Waals surface area (Å²) in [5.41, 5.74) is 7.08. The van der Waals surface area contributed by atoms with Crippen molar-refractivity contribution in [1.29, 1.82) is 0 Å². The van der Waals surface area contributed by atoms with Gasteiger partial charge < -0.3 is 10.5 Å². The number of rotatable bonds is 5. The Balaban J connectivity index is 1.84. The molecule has 0 radical (unpaired) electrons. The van der Waals surface area contributed by atoms with Gasteiger partial charge in [0, 0.05) is 18.3 Å². The van der Waals surface area contributed by atoms with Crippen molar-refractivity contribution in [2.75, 3.05) is 12.3 Å². The Kier molecular flexibility index (Phi) is 4.18. The van der Waals surface area contributed by atoms with E-state index in [2.05, 4.69) is 4.98 Å². The number of benzene rings is 1. The van der Waals surface area contributed by atoms with E-state index in [1.807, 2.05) is 18.2 Å². The van der Waals surface area contributed by atoms with Gasteiger partial charge in [-0.05, 0) is 25.5 Å². The second-order valence-electron chi connectivity index (χ2n) is 4.30. The van der Waals surface area contributed by atoms with Crippen LogP contribution in [0.1, 0.15) is 12.1 Å². The number of hydrogen-bond acceptors (Lipinski definition) is 4. The van der Waals surface area contributed by atoms with Crippen molar-refractivity contribution in [1.82, 2.24) is 9.55 Å². The first-order valence-corrected chi connectivity index (χ1v) is 6.17. The summed E-state index contributed by atoms with van der Waals surface area (Å²) in [6.07, 6.45) is 2.29. The molecule has 0 aliphatic rings. The van der Waals surface area contributed by atoms with Crippen LogP contribution in [0.3, 0.4) is 0 Å². The third kappa shape index (κ3) is 3.58. The van der Waals surface area contributed by atoms with Gasteiger partial charge in [0.2, 0.25) is 0 Å². The van der Waals surface area contributed by atoms with E-state index in [0.29, 0.717) is 24.6 Å². The fraction of sp³-hybridized carbons (Fsp3) is 0.286. The molecule has 0 fully saturated rings. The lowest BCUT2D eigenvalue weighted by Gasteiger charge is -2.09. The minimum atomic E-state index is -0.0354. The highest BCUT2D eigenvalue weighted by molar-refractivity contribution is 5.51. The fourth-order valence-corrected chi connectivity index (χ4v) is 1.71. The van der Waals surface area contributed by atoms with Gasteiger partial charge in [0.25, 0.3) is 5.56 Å². The van der Waals surface area contributed by atoms with Gasteiger partial charge in [-0.3, -0.25) is 9.36 Å². The molecule has 2 rings (SSSR count). The monoisotopic (exact) mass is 259 g/mol. The van der Waals surface area contributed by atoms with Crippen LogP contribution in [0.15, 0.2) is 41.5 Å². The molecule has 0 spiro atoms. The summed E-state index contributed by atoms with van der Waals surface area (Å²) in [5, 5.41) is 0. The van der Waals surface area contributed by atoms with Crippen molar-refractivity contribution in [3.05, 3.63) is 52.7 Å². The molecule has 100 valence electrons. The number of hydrogen-bond donors (Lipinski definition) is 1. The SMILES string of the molecule is Cc1cc(=O)n(CCCOc2ccccc2N)cn1. The van der Waals surface area contributed by atoms with Gasteiger partial charge >= 0.3 is 0 Å². The average molecular weight is 259 g/mol. The molecule has 2 N–H and O–H groups in total. The van der Waals surface area contributed by atoms with Crippen molar-refractivity contribution in [2.24, 2.45) is 0 Å². The number of nitrogens with two attached hydrogens (primary N) is 1. The van der Waals surface area contributed by atoms with E-state index < -0.39 is 0 Å². The Hall–Kier alpha value is -2.30. The molecule has 0 saturated heterocycles. The number of nitrogen functional groups attached to an aromatic ring is 1. The molecule has 0 bridgehead atoms. The van der Waals surface area contributed by atoms with Crippen LogP contribution in [0, 0.1) is 6.92 Å². The number of para-hydroxylation sites is 2. The van der Waals surface area contributed by atoms with Crippen LogP contribution in [-0.4, -0.2) is 16.2 Å². The Morgan fingerprint density at radius 1 is 1.37 bits per heavy atom. The zero-order valence-electron chi connectivity index (χ0n) is 10.9. The predicted molar refractivity (Wildman–Crippen MR) is 74.2 cm³/mol. The molecule has 2 aromatic rings. The smallest absolute Gasteiger partial charge is 0.253 e. The summed E-state index contributed by atoms with van der Waals surface area (Å²) in [4.78, 5) is 15.7. The third-order valence-electron chi connectivity index (χ3n) is 2.74. The van der Waals surface area contributed by atoms with Crippen molar-refractivity contribution < 1.29 is 4.74 Å². The second-order valence-corrected chi connectivity index (χ2v) is 4.30. The van der Waals surface area contributed by atoms with Crippen LogP contribution in [0.4, 0.5) is 5.69 Å². The first-order valence-electron chi connectivity index (χ1n) is 6.17. The second kappa shape index (κ2) is 6.04. The molecule has 0 amide bonds. The molecule has 0 aliphatic heterocycles. The fourth-order valence-electron chi connectivity index (χ4n) is 1.71. The summed E-state index contributed by atoms with van der Waals surface area (Å²) in [6.45, 7) is 2.89. The van der Waals surface area contributed by atoms with Gasteiger partial charge in [0.05, 0.1) is 18.6 Å². The molecule has 1 aromatic carbocycles. The van der Waals surface area contributed by atoms with E-state index in [1.54, 1.807) is 23.9 Å². The minimum absolute atomic E-state index is 0.0354. The van der Waals surface area contributed by atoms with Gasteiger partial charge in [-0.2, -0.15) is 0 Å². The summed E-state index contributed by atoms with van der Waals surface area (Å²) < 4.78 is 7.14. The van der Waals surface area contributed by atoms with E-state index in [0.717, 1.165) is 12.1 Å². The zero-order valence-corrected chi connectivity index (χ0v) is 10.9. The van der Waals surface area contributed by atoms with Crippen LogP contribution in [0.25, 0.3) is 0 Å². The van der Waals surface area contributed by atoms with Gasteiger partial charge in [0.15, 0.2) is 0 Å². The predicted octanol–water partition coefficient (Wildman–Crippen LogP) is 1.60. The number of aromatic nitrogens is 2. The highest BCUT2D eigenvalue weighted by atomic mass is 16.5. The van der Waals surface area contributed by atoms with Crippen molar-refractivity contribution in [2.45, 2.75) is 19.9 Å². The number of nitrogens with zero attached hydrogens (tertiary/aromatic N) is 2. The number of aryl methyl sites for hydroxylation is 2. The first kappa shape index (κ1) is 13.1. The Labute approximate surface area is 111 Å². The minimum Gasteiger partial charge on any atom is -0.491 e. The molecule has 5 nitrogen and oxygen atoms in total. The highest BCUT2D eigenvalue weighted by Gasteiger charge is 2.00. The summed E-state index contributed by atoms with van der Waals surface area (Å²) in [6, 6.07) is 8.88. The number of ether oxygens (including phenoxy) is 1. The van der Waals surface area contributed by atoms with Crippen LogP contribution < -0.4 is 16.0 Å². The Morgan fingerprint density at radius 2 is 2.16 bits per heavy atom. The van der Waals surface area contributed by atoms with Crippen LogP contribution in [0.5, 0.6) is 5.75 Å². The molecule has 1 heterocycles. The molecule has 0 aliphatic carbocycles. The lowest BCUT2D eigenvalue weighted by atomic mass is 10.3. The molecule has 0 atom stereocenters. The molecule has 19 heavy (non-hydrogen) atoms. The maximum atomic E-state index is 11.6. The third-order valence-corrected chi connectivity index (χ3v) is 2.74. The standard InChI is InChI=1S/C14H17N3O2/c1-11-9-14(18)17(10-16-11)7-4-8-19-13-6-3-2-5-12(13)15/h2-3,5-6,9-10H,4,7-8,15H2,1H3. The van der Waals surface area contributed by atoms with Gasteiger partial charge in [-0.15, -0.1) is 0 Å². The van der Waals surface area contributed by atoms with E-state index in [-0.39, 0.29) is 5.56 Å². The summed E-state index contributed by atoms with van der Waals surface area (Å²) in [7, 11) is 0. The molecule has 0 saturated carbocycles. The molecular formula is C14H17N3O2. The number of anilines is 1. The summed E-state index contributed by atoms with van der Waals surface area (Å²) >= 11 is 0. The maximum absolute atomic E-state index is 11.6. The Bertz CT molecular complexity index is 608. The molecule has 5 heteroatoms. The van der Waals surface area contributed by atoms with Gasteiger partial charge in [-0.25, -0.2) is 4.98 Å². The molecular weight excluding hydrogens is 242 g/mol. The lowest BCUT2D eigenvalue weighted by Crippen LogP contribution is -2.21. The van der Waals surface area contributed by atoms with Crippen LogP contribution in [-0.2, 0) is 6.54 Å². The van der Waals surface area contributed by atoms with E-state index in [9.17, 15) is 4.79 Å². The van der Waals surface area contributed by atoms with Gasteiger partial charge in [-0.1, -0.05) is 12.1 Å². The highest BCUT2D eigenvalue weighted by Crippen LogP contribution is 2.19. The largest absolute Gasteiger partial charge is 0.491 e. The van der Waals surface area contributed by atoms with E-state index in [1.165, 1.54) is 6.07 Å². The van der Waals surface area contributed by atoms with E-state index in [4.69, 9.17) is 10.5 Å². The van der Waals surface area contributed by atoms with Crippen molar-refractivity contribution in [3.8, 4) is 5.75 Å². The van der Waals surface area contributed by atoms with Gasteiger partial charge in [0.1, 0.15) is 5.75 Å². The topological polar surface area (TPSA) is 70.1 Å². The Morgan fingerprint density at radius 3 is 2.89 bits per heavy atom. The van der Waals surface area contributed by atoms with Crippen LogP contribution in [0.2, 0.25) is 0 Å². The first-order chi connectivity index (χ1) is 9.16. The maximum Gasteiger partial charge on any atom is 0.253 e. The van der Waals surface area contributed by atoms with Crippen LogP contribution >= 0.6 is 0 Å². The quantitative estimate of drug-likeness (QED) is 0.654. The zero-order chi connectivity index (χ0) is 13.7. The normalized spacial score (nSPS) is 10.4. The van der Waals surface area contributed by atoms with E-state index >= 15 is 0 Å². The van der Waals surface area contributed by atoms with Crippen molar-refractivity contribution >= 4 is 5.69 Å². The average Bonchev–Trinajstić information content (AvgIpc) is 2.38. The molecule has 0 unspecified atom stereocenters. The summed E-state index contributed by atoms with van der Waals surface area (Å²) in [5.74, 6) is 0.678. The molecule has 1 aromatic heterocycles. The van der Waals surface area contributed by atoms with Crippen molar-refractivity contribution in [3.63, 3.8) is 0 Å². The lowest BCUT2D eigenvalue weighted by molar-refractivity contribution is 0.302.